The van der Waals surface area contributed by atoms with Crippen molar-refractivity contribution < 1.29 is 9.53 Å². The Morgan fingerprint density at radius 1 is 0.714 bits per heavy atom. The fourth-order valence-corrected chi connectivity index (χ4v) is 3.79. The maximum atomic E-state index is 11.4. The van der Waals surface area contributed by atoms with Crippen LogP contribution in [0.1, 0.15) is 120 Å². The summed E-state index contributed by atoms with van der Waals surface area (Å²) < 4.78 is 5.75. The summed E-state index contributed by atoms with van der Waals surface area (Å²) in [6, 6.07) is 7.34. The maximum absolute atomic E-state index is 11.4. The van der Waals surface area contributed by atoms with Crippen LogP contribution in [0.15, 0.2) is 24.3 Å². The van der Waals surface area contributed by atoms with Crippen molar-refractivity contribution in [1.29, 1.82) is 0 Å². The van der Waals surface area contributed by atoms with E-state index < -0.39 is 0 Å². The number of para-hydroxylation sites is 1. The Labute approximate surface area is 179 Å². The van der Waals surface area contributed by atoms with Crippen molar-refractivity contribution in [2.75, 3.05) is 6.61 Å². The van der Waals surface area contributed by atoms with E-state index in [9.17, 15) is 4.79 Å². The normalized spacial score (nSPS) is 10.9. The second kappa shape index (κ2) is 18.1. The minimum Gasteiger partial charge on any atom is -0.493 e. The van der Waals surface area contributed by atoms with Crippen LogP contribution in [0.4, 0.5) is 0 Å². The number of hydrogen-bond acceptors (Lipinski definition) is 2. The SMILES string of the molecule is CCCCCCCCCCCCCCCCCCOc1ccccc1C(=O)S. The molecule has 0 spiro atoms. The van der Waals surface area contributed by atoms with Crippen molar-refractivity contribution in [2.45, 2.75) is 110 Å². The molecule has 2 nitrogen and oxygen atoms in total. The van der Waals surface area contributed by atoms with Crippen molar-refractivity contribution in [3.8, 4) is 5.75 Å². The highest BCUT2D eigenvalue weighted by Crippen LogP contribution is 2.20. The lowest BCUT2D eigenvalue weighted by molar-refractivity contribution is 0.108. The molecule has 0 amide bonds. The molecule has 0 atom stereocenters. The molecule has 0 aliphatic carbocycles. The summed E-state index contributed by atoms with van der Waals surface area (Å²) in [7, 11) is 0. The number of carbonyl (C=O) groups is 1. The monoisotopic (exact) mass is 406 g/mol. The van der Waals surface area contributed by atoms with Gasteiger partial charge in [0.05, 0.1) is 12.2 Å². The molecular weight excluding hydrogens is 364 g/mol. The van der Waals surface area contributed by atoms with Gasteiger partial charge in [0, 0.05) is 0 Å². The Hall–Kier alpha value is -0.960. The van der Waals surface area contributed by atoms with Gasteiger partial charge in [0.1, 0.15) is 5.75 Å². The van der Waals surface area contributed by atoms with Crippen molar-refractivity contribution in [2.24, 2.45) is 0 Å². The fourth-order valence-electron chi connectivity index (χ4n) is 3.60. The van der Waals surface area contributed by atoms with Crippen LogP contribution in [-0.4, -0.2) is 11.7 Å². The first-order valence-corrected chi connectivity index (χ1v) is 12.2. The van der Waals surface area contributed by atoms with E-state index in [2.05, 4.69) is 19.6 Å². The molecule has 0 heterocycles. The Bertz CT molecular complexity index is 501. The number of hydrogen-bond donors (Lipinski definition) is 1. The summed E-state index contributed by atoms with van der Waals surface area (Å²) >= 11 is 3.90. The van der Waals surface area contributed by atoms with Gasteiger partial charge in [0.15, 0.2) is 0 Å². The zero-order chi connectivity index (χ0) is 20.3. The zero-order valence-corrected chi connectivity index (χ0v) is 19.0. The van der Waals surface area contributed by atoms with E-state index in [0.717, 1.165) is 6.42 Å². The third-order valence-electron chi connectivity index (χ3n) is 5.37. The fraction of sp³-hybridized carbons (Fsp3) is 0.720. The summed E-state index contributed by atoms with van der Waals surface area (Å²) in [6.45, 7) is 2.96. The van der Waals surface area contributed by atoms with Gasteiger partial charge in [-0.3, -0.25) is 4.79 Å². The highest BCUT2D eigenvalue weighted by Gasteiger charge is 2.07. The van der Waals surface area contributed by atoms with Gasteiger partial charge in [-0.15, -0.1) is 12.6 Å². The van der Waals surface area contributed by atoms with E-state index >= 15 is 0 Å². The summed E-state index contributed by atoms with van der Waals surface area (Å²) in [5.74, 6) is 0.656. The number of carbonyl (C=O) groups excluding carboxylic acids is 1. The first-order chi connectivity index (χ1) is 13.8. The van der Waals surface area contributed by atoms with Crippen molar-refractivity contribution in [1.82, 2.24) is 0 Å². The molecule has 28 heavy (non-hydrogen) atoms. The predicted molar refractivity (Wildman–Crippen MR) is 125 cm³/mol. The van der Waals surface area contributed by atoms with Gasteiger partial charge in [0.25, 0.3) is 0 Å². The summed E-state index contributed by atoms with van der Waals surface area (Å²) in [6.07, 6.45) is 21.9. The van der Waals surface area contributed by atoms with E-state index in [4.69, 9.17) is 4.74 Å². The summed E-state index contributed by atoms with van der Waals surface area (Å²) in [5.41, 5.74) is 0.558. The van der Waals surface area contributed by atoms with Crippen LogP contribution < -0.4 is 4.74 Å². The number of thiol groups is 1. The van der Waals surface area contributed by atoms with Gasteiger partial charge in [-0.25, -0.2) is 0 Å². The minimum absolute atomic E-state index is 0.234. The lowest BCUT2D eigenvalue weighted by Gasteiger charge is -2.09. The quantitative estimate of drug-likeness (QED) is 0.184. The van der Waals surface area contributed by atoms with Crippen LogP contribution in [-0.2, 0) is 0 Å². The molecule has 0 fully saturated rings. The highest BCUT2D eigenvalue weighted by molar-refractivity contribution is 7.97. The lowest BCUT2D eigenvalue weighted by atomic mass is 10.0. The second-order valence-corrected chi connectivity index (χ2v) is 8.36. The van der Waals surface area contributed by atoms with Gasteiger partial charge in [-0.1, -0.05) is 115 Å². The molecule has 1 aromatic rings. The Morgan fingerprint density at radius 2 is 1.14 bits per heavy atom. The molecule has 0 aromatic heterocycles. The number of ether oxygens (including phenoxy) is 1. The van der Waals surface area contributed by atoms with E-state index in [0.29, 0.717) is 17.9 Å². The molecule has 0 saturated heterocycles. The molecule has 1 rings (SSSR count). The third-order valence-corrected chi connectivity index (χ3v) is 5.61. The Kier molecular flexibility index (Phi) is 16.2. The summed E-state index contributed by atoms with van der Waals surface area (Å²) in [4.78, 5) is 11.4. The van der Waals surface area contributed by atoms with Gasteiger partial charge >= 0.3 is 0 Å². The maximum Gasteiger partial charge on any atom is 0.220 e. The van der Waals surface area contributed by atoms with Crippen LogP contribution in [0.2, 0.25) is 0 Å². The van der Waals surface area contributed by atoms with E-state index in [1.807, 2.05) is 18.2 Å². The van der Waals surface area contributed by atoms with Crippen molar-refractivity contribution in [3.05, 3.63) is 29.8 Å². The van der Waals surface area contributed by atoms with Gasteiger partial charge in [-0.05, 0) is 18.6 Å². The number of rotatable bonds is 19. The molecule has 0 aliphatic rings. The van der Waals surface area contributed by atoms with Crippen LogP contribution in [0.3, 0.4) is 0 Å². The Morgan fingerprint density at radius 3 is 1.61 bits per heavy atom. The number of benzene rings is 1. The van der Waals surface area contributed by atoms with Crippen LogP contribution in [0.25, 0.3) is 0 Å². The van der Waals surface area contributed by atoms with Gasteiger partial charge in [-0.2, -0.15) is 0 Å². The highest BCUT2D eigenvalue weighted by atomic mass is 32.1. The molecule has 3 heteroatoms. The topological polar surface area (TPSA) is 26.3 Å². The van der Waals surface area contributed by atoms with Crippen LogP contribution in [0.5, 0.6) is 5.75 Å². The Balaban J connectivity index is 1.83. The average molecular weight is 407 g/mol. The molecule has 0 aliphatic heterocycles. The number of unbranched alkanes of at least 4 members (excludes halogenated alkanes) is 15. The van der Waals surface area contributed by atoms with E-state index in [-0.39, 0.29) is 5.12 Å². The van der Waals surface area contributed by atoms with Gasteiger partial charge < -0.3 is 4.74 Å². The van der Waals surface area contributed by atoms with Crippen LogP contribution >= 0.6 is 12.6 Å². The minimum atomic E-state index is -0.234. The predicted octanol–water partition coefficient (Wildman–Crippen LogP) is 8.40. The van der Waals surface area contributed by atoms with E-state index in [1.165, 1.54) is 96.3 Å². The van der Waals surface area contributed by atoms with E-state index in [1.54, 1.807) is 6.07 Å². The standard InChI is InChI=1S/C25H42O2S/c1-2-3-4-5-6-7-8-9-10-11-12-13-14-15-16-19-22-27-24-21-18-17-20-23(24)25(26)28/h17-18,20-21H,2-16,19,22H2,1H3,(H,26,28). The molecule has 1 aromatic carbocycles. The molecule has 0 saturated carbocycles. The summed E-state index contributed by atoms with van der Waals surface area (Å²) in [5, 5.41) is -0.234. The van der Waals surface area contributed by atoms with Gasteiger partial charge in [0.2, 0.25) is 5.12 Å². The van der Waals surface area contributed by atoms with Crippen LogP contribution in [0, 0.1) is 0 Å². The smallest absolute Gasteiger partial charge is 0.220 e. The molecule has 0 radical (unpaired) electrons. The zero-order valence-electron chi connectivity index (χ0n) is 18.1. The first kappa shape index (κ1) is 25.1. The second-order valence-electron chi connectivity index (χ2n) is 7.95. The molecule has 160 valence electrons. The average Bonchev–Trinajstić information content (AvgIpc) is 2.70. The molecule has 0 bridgehead atoms. The lowest BCUT2D eigenvalue weighted by Crippen LogP contribution is -2.01. The molecular formula is C25H42O2S. The third kappa shape index (κ3) is 13.3. The largest absolute Gasteiger partial charge is 0.493 e. The van der Waals surface area contributed by atoms with Crippen molar-refractivity contribution in [3.63, 3.8) is 0 Å². The first-order valence-electron chi connectivity index (χ1n) is 11.7. The molecule has 0 unspecified atom stereocenters. The van der Waals surface area contributed by atoms with Crippen molar-refractivity contribution >= 4 is 17.7 Å². The molecule has 0 N–H and O–H groups in total.